The van der Waals surface area contributed by atoms with Gasteiger partial charge in [-0.05, 0) is 78.9 Å². The van der Waals surface area contributed by atoms with E-state index in [1.165, 1.54) is 50.5 Å². The molecule has 3 rings (SSSR count). The van der Waals surface area contributed by atoms with Crippen LogP contribution in [0.2, 0.25) is 0 Å². The SMILES string of the molecule is CC.CCCC1(C(C)O)CCC2c3ccc(CS)cc3CCC2C1CC. The van der Waals surface area contributed by atoms with E-state index < -0.39 is 0 Å². The van der Waals surface area contributed by atoms with Gasteiger partial charge in [0.1, 0.15) is 0 Å². The fourth-order valence-corrected chi connectivity index (χ4v) is 6.39. The van der Waals surface area contributed by atoms with E-state index in [1.807, 2.05) is 20.8 Å². The van der Waals surface area contributed by atoms with Gasteiger partial charge < -0.3 is 5.11 Å². The maximum absolute atomic E-state index is 10.7. The van der Waals surface area contributed by atoms with E-state index in [1.54, 1.807) is 11.1 Å². The highest BCUT2D eigenvalue weighted by atomic mass is 32.1. The summed E-state index contributed by atoms with van der Waals surface area (Å²) in [5.41, 5.74) is 4.67. The quantitative estimate of drug-likeness (QED) is 0.543. The Morgan fingerprint density at radius 1 is 1.23 bits per heavy atom. The van der Waals surface area contributed by atoms with Crippen LogP contribution >= 0.6 is 12.6 Å². The van der Waals surface area contributed by atoms with Crippen molar-refractivity contribution < 1.29 is 5.11 Å². The lowest BCUT2D eigenvalue weighted by atomic mass is 9.51. The molecule has 26 heavy (non-hydrogen) atoms. The van der Waals surface area contributed by atoms with E-state index >= 15 is 0 Å². The molecule has 0 amide bonds. The number of aliphatic hydroxyl groups is 1. The first kappa shape index (κ1) is 21.8. The van der Waals surface area contributed by atoms with E-state index in [2.05, 4.69) is 44.7 Å². The number of benzene rings is 1. The smallest absolute Gasteiger partial charge is 0.0571 e. The van der Waals surface area contributed by atoms with Crippen molar-refractivity contribution in [3.8, 4) is 0 Å². The average molecular weight is 377 g/mol. The van der Waals surface area contributed by atoms with Gasteiger partial charge in [0.25, 0.3) is 0 Å². The lowest BCUT2D eigenvalue weighted by molar-refractivity contribution is -0.0802. The predicted molar refractivity (Wildman–Crippen MR) is 117 cm³/mol. The molecular weight excluding hydrogens is 336 g/mol. The van der Waals surface area contributed by atoms with Gasteiger partial charge in [-0.2, -0.15) is 12.6 Å². The van der Waals surface area contributed by atoms with Crippen molar-refractivity contribution in [2.75, 3.05) is 0 Å². The molecule has 0 aliphatic heterocycles. The van der Waals surface area contributed by atoms with Gasteiger partial charge in [-0.3, -0.25) is 0 Å². The van der Waals surface area contributed by atoms with Crippen LogP contribution in [0.4, 0.5) is 0 Å². The zero-order valence-corrected chi connectivity index (χ0v) is 18.5. The third-order valence-corrected chi connectivity index (χ3v) is 7.58. The van der Waals surface area contributed by atoms with E-state index in [9.17, 15) is 5.11 Å². The Hall–Kier alpha value is -0.470. The standard InChI is InChI=1S/C22H34OS.C2H6/c1-4-11-22(15(3)23)12-10-19-18-8-6-16(14-24)13-17(18)7-9-20(19)21(22)5-2;1-2/h6,8,13,15,19-21,23-24H,4-5,7,9-12,14H2,1-3H3;1-2H3. The molecule has 0 spiro atoms. The second-order valence-electron chi connectivity index (χ2n) is 8.21. The highest BCUT2D eigenvalue weighted by Gasteiger charge is 2.51. The Balaban J connectivity index is 0.00000117. The van der Waals surface area contributed by atoms with Crippen LogP contribution < -0.4 is 0 Å². The zero-order chi connectivity index (χ0) is 19.3. The van der Waals surface area contributed by atoms with Gasteiger partial charge in [-0.1, -0.05) is 58.7 Å². The summed E-state index contributed by atoms with van der Waals surface area (Å²) in [7, 11) is 0. The summed E-state index contributed by atoms with van der Waals surface area (Å²) in [5, 5.41) is 10.7. The minimum absolute atomic E-state index is 0.146. The van der Waals surface area contributed by atoms with Crippen LogP contribution in [0.25, 0.3) is 0 Å². The van der Waals surface area contributed by atoms with Crippen LogP contribution in [0, 0.1) is 17.3 Å². The minimum atomic E-state index is -0.184. The second kappa shape index (κ2) is 9.64. The maximum atomic E-state index is 10.7. The lowest BCUT2D eigenvalue weighted by Gasteiger charge is -2.55. The Morgan fingerprint density at radius 2 is 1.96 bits per heavy atom. The van der Waals surface area contributed by atoms with Crippen molar-refractivity contribution in [2.45, 2.75) is 97.3 Å². The fraction of sp³-hybridized carbons (Fsp3) is 0.750. The highest BCUT2D eigenvalue weighted by molar-refractivity contribution is 7.79. The van der Waals surface area contributed by atoms with Crippen LogP contribution in [0.1, 0.15) is 95.8 Å². The molecule has 0 radical (unpaired) electrons. The minimum Gasteiger partial charge on any atom is -0.393 e. The summed E-state index contributed by atoms with van der Waals surface area (Å²) in [6, 6.07) is 7.05. The summed E-state index contributed by atoms with van der Waals surface area (Å²) in [6.07, 6.45) is 8.32. The molecule has 1 fully saturated rings. The van der Waals surface area contributed by atoms with E-state index in [4.69, 9.17) is 0 Å². The van der Waals surface area contributed by atoms with Gasteiger partial charge in [0.05, 0.1) is 6.10 Å². The Bertz CT molecular complexity index is 567. The summed E-state index contributed by atoms with van der Waals surface area (Å²) in [5.74, 6) is 2.95. The fourth-order valence-electron chi connectivity index (χ4n) is 6.19. The molecule has 2 heteroatoms. The molecule has 1 N–H and O–H groups in total. The number of fused-ring (bicyclic) bond motifs is 3. The number of thiol groups is 1. The number of hydrogen-bond acceptors (Lipinski definition) is 2. The van der Waals surface area contributed by atoms with E-state index in [-0.39, 0.29) is 11.5 Å². The van der Waals surface area contributed by atoms with Crippen LogP contribution in [0.15, 0.2) is 18.2 Å². The number of aryl methyl sites for hydroxylation is 1. The van der Waals surface area contributed by atoms with Gasteiger partial charge in [0, 0.05) is 5.75 Å². The molecule has 1 aromatic carbocycles. The molecule has 5 unspecified atom stereocenters. The molecular formula is C24H40OS. The molecule has 0 saturated heterocycles. The number of aliphatic hydroxyl groups excluding tert-OH is 1. The van der Waals surface area contributed by atoms with Crippen LogP contribution in [0.3, 0.4) is 0 Å². The van der Waals surface area contributed by atoms with Crippen LogP contribution in [0.5, 0.6) is 0 Å². The van der Waals surface area contributed by atoms with Crippen molar-refractivity contribution in [3.63, 3.8) is 0 Å². The first-order chi connectivity index (χ1) is 12.6. The third-order valence-electron chi connectivity index (χ3n) is 7.22. The first-order valence-electron chi connectivity index (χ1n) is 11.0. The van der Waals surface area contributed by atoms with Gasteiger partial charge >= 0.3 is 0 Å². The van der Waals surface area contributed by atoms with Gasteiger partial charge in [-0.15, -0.1) is 0 Å². The van der Waals surface area contributed by atoms with Crippen molar-refractivity contribution in [1.82, 2.24) is 0 Å². The zero-order valence-electron chi connectivity index (χ0n) is 17.6. The third kappa shape index (κ3) is 3.87. The van der Waals surface area contributed by atoms with Crippen molar-refractivity contribution in [3.05, 3.63) is 34.9 Å². The van der Waals surface area contributed by atoms with Gasteiger partial charge in [0.15, 0.2) is 0 Å². The Morgan fingerprint density at radius 3 is 2.54 bits per heavy atom. The second-order valence-corrected chi connectivity index (χ2v) is 8.53. The van der Waals surface area contributed by atoms with Gasteiger partial charge in [0.2, 0.25) is 0 Å². The summed E-state index contributed by atoms with van der Waals surface area (Å²) < 4.78 is 0. The van der Waals surface area contributed by atoms with Crippen LogP contribution in [-0.4, -0.2) is 11.2 Å². The number of rotatable bonds is 5. The molecule has 148 valence electrons. The summed E-state index contributed by atoms with van der Waals surface area (Å²) >= 11 is 4.44. The van der Waals surface area contributed by atoms with Crippen molar-refractivity contribution >= 4 is 12.6 Å². The first-order valence-corrected chi connectivity index (χ1v) is 11.6. The highest BCUT2D eigenvalue weighted by Crippen LogP contribution is 2.58. The molecule has 5 atom stereocenters. The van der Waals surface area contributed by atoms with Crippen LogP contribution in [-0.2, 0) is 12.2 Å². The normalized spacial score (nSPS) is 31.3. The molecule has 0 heterocycles. The topological polar surface area (TPSA) is 20.2 Å². The van der Waals surface area contributed by atoms with Gasteiger partial charge in [-0.25, -0.2) is 0 Å². The molecule has 2 aliphatic carbocycles. The molecule has 1 saturated carbocycles. The molecule has 1 aromatic rings. The lowest BCUT2D eigenvalue weighted by Crippen LogP contribution is -2.49. The Labute approximate surface area is 167 Å². The summed E-state index contributed by atoms with van der Waals surface area (Å²) in [6.45, 7) is 10.7. The van der Waals surface area contributed by atoms with E-state index in [0.717, 1.165) is 11.7 Å². The monoisotopic (exact) mass is 376 g/mol. The van der Waals surface area contributed by atoms with Crippen molar-refractivity contribution in [2.24, 2.45) is 17.3 Å². The van der Waals surface area contributed by atoms with Crippen molar-refractivity contribution in [1.29, 1.82) is 0 Å². The number of hydrogen-bond donors (Lipinski definition) is 2. The molecule has 0 aromatic heterocycles. The molecule has 0 bridgehead atoms. The molecule has 2 aliphatic rings. The molecule has 1 nitrogen and oxygen atoms in total. The largest absolute Gasteiger partial charge is 0.393 e. The van der Waals surface area contributed by atoms with E-state index in [0.29, 0.717) is 11.8 Å². The predicted octanol–water partition coefficient (Wildman–Crippen LogP) is 6.78. The Kier molecular flexibility index (Phi) is 8.09. The summed E-state index contributed by atoms with van der Waals surface area (Å²) in [4.78, 5) is 0. The average Bonchev–Trinajstić information content (AvgIpc) is 2.68. The maximum Gasteiger partial charge on any atom is 0.0571 e.